The predicted octanol–water partition coefficient (Wildman–Crippen LogP) is 0.757. The van der Waals surface area contributed by atoms with Crippen LogP contribution >= 0.6 is 0 Å². The molecule has 0 radical (unpaired) electrons. The molecule has 104 valence electrons. The van der Waals surface area contributed by atoms with Gasteiger partial charge in [0.05, 0.1) is 7.11 Å². The summed E-state index contributed by atoms with van der Waals surface area (Å²) in [5, 5.41) is 3.14. The fourth-order valence-electron chi connectivity index (χ4n) is 1.78. The van der Waals surface area contributed by atoms with Gasteiger partial charge >= 0.3 is 12.1 Å². The number of esters is 1. The Hall–Kier alpha value is -1.30. The van der Waals surface area contributed by atoms with Crippen LogP contribution in [0, 0.1) is 0 Å². The quantitative estimate of drug-likeness (QED) is 0.703. The van der Waals surface area contributed by atoms with Crippen molar-refractivity contribution < 1.29 is 19.1 Å². The second kappa shape index (κ2) is 5.56. The zero-order valence-corrected chi connectivity index (χ0v) is 11.6. The number of carbonyl (C=O) groups is 2. The van der Waals surface area contributed by atoms with E-state index >= 15 is 0 Å². The summed E-state index contributed by atoms with van der Waals surface area (Å²) < 4.78 is 10.0. The molecule has 1 heterocycles. The van der Waals surface area contributed by atoms with Crippen LogP contribution in [0.5, 0.6) is 0 Å². The van der Waals surface area contributed by atoms with Gasteiger partial charge in [-0.05, 0) is 27.7 Å². The van der Waals surface area contributed by atoms with Crippen LogP contribution in [0.2, 0.25) is 0 Å². The number of methoxy groups -OCH3 is 1. The standard InChI is InChI=1S/C12H22N2O4/c1-8-7-14(11(16)18-12(2,3)4)9(6-13-8)10(15)17-5/h8-9,13H,6-7H2,1-5H3. The van der Waals surface area contributed by atoms with Gasteiger partial charge in [0.15, 0.2) is 0 Å². The number of nitrogens with zero attached hydrogens (tertiary/aromatic N) is 1. The lowest BCUT2D eigenvalue weighted by atomic mass is 10.1. The van der Waals surface area contributed by atoms with Crippen LogP contribution in [0.15, 0.2) is 0 Å². The number of nitrogens with one attached hydrogen (secondary N) is 1. The zero-order chi connectivity index (χ0) is 13.9. The van der Waals surface area contributed by atoms with Gasteiger partial charge in [0.25, 0.3) is 0 Å². The van der Waals surface area contributed by atoms with Gasteiger partial charge in [0, 0.05) is 19.1 Å². The summed E-state index contributed by atoms with van der Waals surface area (Å²) >= 11 is 0. The molecule has 1 N–H and O–H groups in total. The van der Waals surface area contributed by atoms with Gasteiger partial charge in [-0.3, -0.25) is 4.90 Å². The third-order valence-electron chi connectivity index (χ3n) is 2.61. The SMILES string of the molecule is COC(=O)C1CNC(C)CN1C(=O)OC(C)(C)C. The lowest BCUT2D eigenvalue weighted by Gasteiger charge is -2.38. The highest BCUT2D eigenvalue weighted by atomic mass is 16.6. The Morgan fingerprint density at radius 1 is 1.33 bits per heavy atom. The fraction of sp³-hybridized carbons (Fsp3) is 0.833. The highest BCUT2D eigenvalue weighted by Gasteiger charge is 2.37. The summed E-state index contributed by atoms with van der Waals surface area (Å²) in [6.07, 6.45) is -0.480. The monoisotopic (exact) mass is 258 g/mol. The number of hydrogen-bond donors (Lipinski definition) is 1. The van der Waals surface area contributed by atoms with Crippen molar-refractivity contribution in [1.82, 2.24) is 10.2 Å². The molecule has 18 heavy (non-hydrogen) atoms. The number of amides is 1. The average molecular weight is 258 g/mol. The van der Waals surface area contributed by atoms with Crippen LogP contribution in [0.1, 0.15) is 27.7 Å². The Kier molecular flexibility index (Phi) is 4.56. The first-order chi connectivity index (χ1) is 8.24. The molecule has 1 fully saturated rings. The minimum Gasteiger partial charge on any atom is -0.467 e. The largest absolute Gasteiger partial charge is 0.467 e. The number of rotatable bonds is 1. The number of carbonyl (C=O) groups excluding carboxylic acids is 2. The molecule has 1 aliphatic rings. The Labute approximate surface area is 108 Å². The molecule has 2 atom stereocenters. The van der Waals surface area contributed by atoms with Crippen LogP contribution in [0.3, 0.4) is 0 Å². The van der Waals surface area contributed by atoms with E-state index in [-0.39, 0.29) is 6.04 Å². The van der Waals surface area contributed by atoms with Gasteiger partial charge in [-0.25, -0.2) is 9.59 Å². The van der Waals surface area contributed by atoms with Gasteiger partial charge in [0.2, 0.25) is 0 Å². The minimum absolute atomic E-state index is 0.124. The molecular weight excluding hydrogens is 236 g/mol. The van der Waals surface area contributed by atoms with Crippen molar-refractivity contribution in [3.8, 4) is 0 Å². The first kappa shape index (κ1) is 14.8. The lowest BCUT2D eigenvalue weighted by molar-refractivity contribution is -0.147. The van der Waals surface area contributed by atoms with Crippen molar-refractivity contribution in [1.29, 1.82) is 0 Å². The molecule has 1 amide bonds. The first-order valence-corrected chi connectivity index (χ1v) is 6.05. The van der Waals surface area contributed by atoms with E-state index in [0.717, 1.165) is 0 Å². The third-order valence-corrected chi connectivity index (χ3v) is 2.61. The zero-order valence-electron chi connectivity index (χ0n) is 11.6. The molecule has 1 saturated heterocycles. The van der Waals surface area contributed by atoms with E-state index in [2.05, 4.69) is 5.32 Å². The maximum atomic E-state index is 12.1. The Morgan fingerprint density at radius 2 is 1.94 bits per heavy atom. The average Bonchev–Trinajstić information content (AvgIpc) is 2.25. The molecule has 6 nitrogen and oxygen atoms in total. The maximum absolute atomic E-state index is 12.1. The molecule has 0 aromatic rings. The van der Waals surface area contributed by atoms with E-state index in [1.165, 1.54) is 12.0 Å². The van der Waals surface area contributed by atoms with Gasteiger partial charge in [-0.1, -0.05) is 0 Å². The van der Waals surface area contributed by atoms with Crippen LogP contribution < -0.4 is 5.32 Å². The normalized spacial score (nSPS) is 24.6. The lowest BCUT2D eigenvalue weighted by Crippen LogP contribution is -2.61. The number of piperazine rings is 1. The van der Waals surface area contributed by atoms with Crippen molar-refractivity contribution in [2.75, 3.05) is 20.2 Å². The van der Waals surface area contributed by atoms with Crippen molar-refractivity contribution in [2.24, 2.45) is 0 Å². The van der Waals surface area contributed by atoms with E-state index < -0.39 is 23.7 Å². The van der Waals surface area contributed by atoms with Gasteiger partial charge < -0.3 is 14.8 Å². The summed E-state index contributed by atoms with van der Waals surface area (Å²) in [5.41, 5.74) is -0.578. The molecule has 1 rings (SSSR count). The van der Waals surface area contributed by atoms with E-state index in [1.807, 2.05) is 6.92 Å². The topological polar surface area (TPSA) is 67.9 Å². The highest BCUT2D eigenvalue weighted by molar-refractivity contribution is 5.82. The van der Waals surface area contributed by atoms with Crippen molar-refractivity contribution in [3.63, 3.8) is 0 Å². The molecular formula is C12H22N2O4. The van der Waals surface area contributed by atoms with Crippen LogP contribution in [0.4, 0.5) is 4.79 Å². The Bertz CT molecular complexity index is 325. The first-order valence-electron chi connectivity index (χ1n) is 6.05. The Balaban J connectivity index is 2.78. The van der Waals surface area contributed by atoms with E-state index in [4.69, 9.17) is 9.47 Å². The van der Waals surface area contributed by atoms with E-state index in [9.17, 15) is 9.59 Å². The molecule has 1 aliphatic heterocycles. The van der Waals surface area contributed by atoms with Crippen molar-refractivity contribution in [3.05, 3.63) is 0 Å². The minimum atomic E-state index is -0.624. The number of hydrogen-bond acceptors (Lipinski definition) is 5. The molecule has 0 saturated carbocycles. The Morgan fingerprint density at radius 3 is 2.44 bits per heavy atom. The second-order valence-corrected chi connectivity index (χ2v) is 5.48. The second-order valence-electron chi connectivity index (χ2n) is 5.48. The van der Waals surface area contributed by atoms with Gasteiger partial charge in [0.1, 0.15) is 11.6 Å². The van der Waals surface area contributed by atoms with Crippen LogP contribution in [-0.2, 0) is 14.3 Å². The van der Waals surface area contributed by atoms with Gasteiger partial charge in [-0.15, -0.1) is 0 Å². The van der Waals surface area contributed by atoms with Crippen molar-refractivity contribution >= 4 is 12.1 Å². The molecule has 0 spiro atoms. The summed E-state index contributed by atoms with van der Waals surface area (Å²) in [6.45, 7) is 8.14. The molecule has 2 unspecified atom stereocenters. The van der Waals surface area contributed by atoms with E-state index in [1.54, 1.807) is 20.8 Å². The smallest absolute Gasteiger partial charge is 0.411 e. The summed E-state index contributed by atoms with van der Waals surface area (Å²) in [7, 11) is 1.31. The highest BCUT2D eigenvalue weighted by Crippen LogP contribution is 2.15. The van der Waals surface area contributed by atoms with E-state index in [0.29, 0.717) is 13.1 Å². The summed E-state index contributed by atoms with van der Waals surface area (Å²) in [4.78, 5) is 25.1. The molecule has 0 aromatic carbocycles. The predicted molar refractivity (Wildman–Crippen MR) is 66.2 cm³/mol. The maximum Gasteiger partial charge on any atom is 0.411 e. The number of ether oxygens (including phenoxy) is 2. The van der Waals surface area contributed by atoms with Gasteiger partial charge in [-0.2, -0.15) is 0 Å². The molecule has 0 aromatic heterocycles. The third kappa shape index (κ3) is 3.87. The van der Waals surface area contributed by atoms with Crippen LogP contribution in [-0.4, -0.2) is 54.8 Å². The molecule has 6 heteroatoms. The summed E-state index contributed by atoms with van der Waals surface area (Å²) in [6, 6.07) is -0.500. The van der Waals surface area contributed by atoms with Crippen molar-refractivity contribution in [2.45, 2.75) is 45.4 Å². The molecule has 0 aliphatic carbocycles. The fourth-order valence-corrected chi connectivity index (χ4v) is 1.78. The summed E-state index contributed by atoms with van der Waals surface area (Å²) in [5.74, 6) is -0.430. The molecule has 0 bridgehead atoms. The van der Waals surface area contributed by atoms with Crippen LogP contribution in [0.25, 0.3) is 0 Å².